The first-order valence-electron chi connectivity index (χ1n) is 8.84. The lowest BCUT2D eigenvalue weighted by Crippen LogP contribution is -2.26. The smallest absolute Gasteiger partial charge is 0.272 e. The molecule has 3 aromatic heterocycles. The molecule has 148 valence electrons. The maximum atomic E-state index is 12.5. The van der Waals surface area contributed by atoms with E-state index in [-0.39, 0.29) is 17.5 Å². The Kier molecular flexibility index (Phi) is 5.30. The third-order valence-corrected chi connectivity index (χ3v) is 4.40. The van der Waals surface area contributed by atoms with E-state index in [0.29, 0.717) is 18.8 Å². The van der Waals surface area contributed by atoms with Crippen molar-refractivity contribution in [3.8, 4) is 0 Å². The molecule has 3 aromatic rings. The molecule has 0 bridgehead atoms. The molecule has 0 aliphatic carbocycles. The first-order valence-corrected chi connectivity index (χ1v) is 8.84. The Bertz CT molecular complexity index is 1030. The Balaban J connectivity index is 1.63. The van der Waals surface area contributed by atoms with E-state index in [1.807, 2.05) is 40.1 Å². The third kappa shape index (κ3) is 4.11. The summed E-state index contributed by atoms with van der Waals surface area (Å²) in [6.07, 6.45) is 0. The van der Waals surface area contributed by atoms with Gasteiger partial charge in [-0.25, -0.2) is 0 Å². The summed E-state index contributed by atoms with van der Waals surface area (Å²) in [7, 11) is 5.27. The van der Waals surface area contributed by atoms with Crippen LogP contribution in [0.2, 0.25) is 0 Å². The van der Waals surface area contributed by atoms with Crippen LogP contribution in [-0.4, -0.2) is 41.2 Å². The molecular weight excluding hydrogens is 360 g/mol. The first-order chi connectivity index (χ1) is 13.2. The van der Waals surface area contributed by atoms with Crippen LogP contribution in [0.5, 0.6) is 0 Å². The summed E-state index contributed by atoms with van der Waals surface area (Å²) in [5.41, 5.74) is 4.02. The molecule has 3 rings (SSSR count). The van der Waals surface area contributed by atoms with Gasteiger partial charge in [0.25, 0.3) is 11.8 Å². The van der Waals surface area contributed by atoms with E-state index in [9.17, 15) is 9.59 Å². The highest BCUT2D eigenvalue weighted by Gasteiger charge is 2.18. The third-order valence-electron chi connectivity index (χ3n) is 4.40. The van der Waals surface area contributed by atoms with Gasteiger partial charge >= 0.3 is 0 Å². The molecule has 0 spiro atoms. The molecule has 3 heterocycles. The summed E-state index contributed by atoms with van der Waals surface area (Å²) < 4.78 is 4.83. The van der Waals surface area contributed by atoms with Crippen molar-refractivity contribution < 1.29 is 9.59 Å². The van der Waals surface area contributed by atoms with Crippen molar-refractivity contribution in [3.63, 3.8) is 0 Å². The van der Waals surface area contributed by atoms with Crippen molar-refractivity contribution in [3.05, 3.63) is 52.4 Å². The van der Waals surface area contributed by atoms with Crippen LogP contribution in [0.1, 0.15) is 43.8 Å². The highest BCUT2D eigenvalue weighted by Crippen LogP contribution is 2.07. The van der Waals surface area contributed by atoms with E-state index in [2.05, 4.69) is 25.9 Å². The molecule has 0 aromatic carbocycles. The Hall–Kier alpha value is -3.43. The summed E-state index contributed by atoms with van der Waals surface area (Å²) in [4.78, 5) is 24.9. The zero-order valence-corrected chi connectivity index (χ0v) is 16.6. The number of rotatable bonds is 6. The van der Waals surface area contributed by atoms with Crippen LogP contribution < -0.4 is 10.6 Å². The van der Waals surface area contributed by atoms with Crippen molar-refractivity contribution in [1.82, 2.24) is 40.0 Å². The number of aromatic nitrogens is 6. The number of carbonyl (C=O) groups excluding carboxylic acids is 2. The van der Waals surface area contributed by atoms with Crippen LogP contribution in [0.4, 0.5) is 0 Å². The Labute approximate surface area is 162 Å². The fourth-order valence-electron chi connectivity index (χ4n) is 2.97. The largest absolute Gasteiger partial charge is 0.345 e. The molecule has 10 nitrogen and oxygen atoms in total. The van der Waals surface area contributed by atoms with Gasteiger partial charge in [-0.3, -0.25) is 23.6 Å². The Morgan fingerprint density at radius 3 is 1.75 bits per heavy atom. The van der Waals surface area contributed by atoms with Gasteiger partial charge in [0.1, 0.15) is 5.69 Å². The van der Waals surface area contributed by atoms with E-state index in [1.165, 1.54) is 10.7 Å². The minimum absolute atomic E-state index is 0.183. The molecule has 0 atom stereocenters. The fraction of sp³-hybridized carbons (Fsp3) is 0.389. The second-order valence-corrected chi connectivity index (χ2v) is 6.71. The fourth-order valence-corrected chi connectivity index (χ4v) is 2.97. The maximum absolute atomic E-state index is 12.5. The number of hydrogen-bond acceptors (Lipinski definition) is 5. The predicted octanol–water partition coefficient (Wildman–Crippen LogP) is 0.364. The molecule has 10 heteroatoms. The molecule has 0 aliphatic rings. The van der Waals surface area contributed by atoms with Gasteiger partial charge in [-0.15, -0.1) is 0 Å². The molecule has 0 unspecified atom stereocenters. The van der Waals surface area contributed by atoms with Gasteiger partial charge in [-0.1, -0.05) is 0 Å². The van der Waals surface area contributed by atoms with Crippen LogP contribution in [-0.2, 0) is 34.2 Å². The number of nitrogens with zero attached hydrogens (tertiary/aromatic N) is 6. The minimum atomic E-state index is -0.351. The average Bonchev–Trinajstić information content (AvgIpc) is 3.27. The van der Waals surface area contributed by atoms with Crippen molar-refractivity contribution in [2.75, 3.05) is 0 Å². The molecular formula is C18H24N8O2. The van der Waals surface area contributed by atoms with Crippen LogP contribution in [0.3, 0.4) is 0 Å². The van der Waals surface area contributed by atoms with Crippen LogP contribution >= 0.6 is 0 Å². The Morgan fingerprint density at radius 1 is 0.786 bits per heavy atom. The number of hydrogen-bond donors (Lipinski definition) is 2. The average molecular weight is 384 g/mol. The summed E-state index contributed by atoms with van der Waals surface area (Å²) in [6, 6.07) is 5.29. The molecule has 0 saturated heterocycles. The molecule has 0 saturated carbocycles. The summed E-state index contributed by atoms with van der Waals surface area (Å²) in [5, 5.41) is 18.3. The molecule has 2 N–H and O–H groups in total. The number of carbonyl (C=O) groups is 2. The lowest BCUT2D eigenvalue weighted by atomic mass is 10.3. The predicted molar refractivity (Wildman–Crippen MR) is 101 cm³/mol. The van der Waals surface area contributed by atoms with Gasteiger partial charge < -0.3 is 10.6 Å². The molecule has 28 heavy (non-hydrogen) atoms. The lowest BCUT2D eigenvalue weighted by Gasteiger charge is -2.05. The van der Waals surface area contributed by atoms with Gasteiger partial charge in [-0.05, 0) is 26.0 Å². The quantitative estimate of drug-likeness (QED) is 0.638. The maximum Gasteiger partial charge on any atom is 0.272 e. The van der Waals surface area contributed by atoms with E-state index in [0.717, 1.165) is 22.8 Å². The van der Waals surface area contributed by atoms with Gasteiger partial charge in [-0.2, -0.15) is 15.3 Å². The van der Waals surface area contributed by atoms with Crippen molar-refractivity contribution in [1.29, 1.82) is 0 Å². The second kappa shape index (κ2) is 7.67. The minimum Gasteiger partial charge on any atom is -0.345 e. The van der Waals surface area contributed by atoms with Crippen molar-refractivity contribution >= 4 is 11.8 Å². The molecule has 0 aliphatic heterocycles. The van der Waals surface area contributed by atoms with E-state index in [4.69, 9.17) is 0 Å². The molecule has 0 fully saturated rings. The molecule has 2 amide bonds. The zero-order chi connectivity index (χ0) is 20.4. The van der Waals surface area contributed by atoms with Gasteiger partial charge in [0, 0.05) is 27.2 Å². The zero-order valence-electron chi connectivity index (χ0n) is 16.6. The topological polar surface area (TPSA) is 112 Å². The Morgan fingerprint density at radius 2 is 1.29 bits per heavy atom. The highest BCUT2D eigenvalue weighted by atomic mass is 16.2. The van der Waals surface area contributed by atoms with Crippen molar-refractivity contribution in [2.24, 2.45) is 21.1 Å². The number of amides is 2. The van der Waals surface area contributed by atoms with Crippen LogP contribution in [0.15, 0.2) is 18.2 Å². The SMILES string of the molecule is Cc1cc(CNC(=O)c2cc(C(=O)NCc3cc(C)nn3C)n(C)n2)n(C)n1. The van der Waals surface area contributed by atoms with Crippen molar-refractivity contribution in [2.45, 2.75) is 26.9 Å². The normalized spacial score (nSPS) is 10.9. The number of aryl methyl sites for hydroxylation is 5. The standard InChI is InChI=1S/C18H24N8O2/c1-11-6-13(24(3)21-11)9-19-17(27)15-8-16(26(5)23-15)18(28)20-10-14-7-12(2)22-25(14)4/h6-8H,9-10H2,1-5H3,(H,19,27)(H,20,28). The van der Waals surface area contributed by atoms with Gasteiger partial charge in [0.2, 0.25) is 0 Å². The van der Waals surface area contributed by atoms with E-state index >= 15 is 0 Å². The van der Waals surface area contributed by atoms with Crippen LogP contribution in [0.25, 0.3) is 0 Å². The summed E-state index contributed by atoms with van der Waals surface area (Å²) >= 11 is 0. The second-order valence-electron chi connectivity index (χ2n) is 6.71. The van der Waals surface area contributed by atoms with Crippen LogP contribution in [0, 0.1) is 13.8 Å². The summed E-state index contributed by atoms with van der Waals surface area (Å²) in [6.45, 7) is 4.45. The summed E-state index contributed by atoms with van der Waals surface area (Å²) in [5.74, 6) is -0.661. The first kappa shape index (κ1) is 19.3. The number of nitrogens with one attached hydrogen (secondary N) is 2. The van der Waals surface area contributed by atoms with E-state index < -0.39 is 0 Å². The highest BCUT2D eigenvalue weighted by molar-refractivity contribution is 5.97. The van der Waals surface area contributed by atoms with Gasteiger partial charge in [0.05, 0.1) is 35.9 Å². The van der Waals surface area contributed by atoms with E-state index in [1.54, 1.807) is 16.4 Å². The molecule has 0 radical (unpaired) electrons. The van der Waals surface area contributed by atoms with Gasteiger partial charge in [0.15, 0.2) is 5.69 Å². The lowest BCUT2D eigenvalue weighted by molar-refractivity contribution is 0.0935. The monoisotopic (exact) mass is 384 g/mol.